The van der Waals surface area contributed by atoms with Gasteiger partial charge in [0.2, 0.25) is 0 Å². The Bertz CT molecular complexity index is 502. The number of halogens is 1. The highest BCUT2D eigenvalue weighted by Crippen LogP contribution is 2.31. The van der Waals surface area contributed by atoms with Gasteiger partial charge in [-0.3, -0.25) is 4.79 Å². The van der Waals surface area contributed by atoms with E-state index in [-0.39, 0.29) is 5.82 Å². The third-order valence-corrected chi connectivity index (χ3v) is 3.22. The zero-order valence-corrected chi connectivity index (χ0v) is 8.98. The van der Waals surface area contributed by atoms with Gasteiger partial charge in [-0.15, -0.1) is 11.3 Å². The van der Waals surface area contributed by atoms with E-state index < -0.39 is 0 Å². The summed E-state index contributed by atoms with van der Waals surface area (Å²) in [6, 6.07) is 6.43. The SMILES string of the molecule is Cc1csc(-c2c(F)cccc2C=O)c1. The molecule has 0 bridgehead atoms. The Morgan fingerprint density at radius 3 is 2.80 bits per heavy atom. The van der Waals surface area contributed by atoms with Crippen molar-refractivity contribution in [2.45, 2.75) is 6.92 Å². The highest BCUT2D eigenvalue weighted by Gasteiger charge is 2.11. The molecule has 3 heteroatoms. The van der Waals surface area contributed by atoms with Crippen molar-refractivity contribution >= 4 is 17.6 Å². The molecule has 1 heterocycles. The number of hydrogen-bond donors (Lipinski definition) is 0. The Balaban J connectivity index is 2.65. The second kappa shape index (κ2) is 3.95. The minimum atomic E-state index is -0.346. The average molecular weight is 220 g/mol. The summed E-state index contributed by atoms with van der Waals surface area (Å²) < 4.78 is 13.6. The molecule has 1 aromatic carbocycles. The smallest absolute Gasteiger partial charge is 0.150 e. The van der Waals surface area contributed by atoms with Gasteiger partial charge in [-0.1, -0.05) is 12.1 Å². The third kappa shape index (κ3) is 1.83. The molecule has 0 fully saturated rings. The van der Waals surface area contributed by atoms with Crippen molar-refractivity contribution in [2.24, 2.45) is 0 Å². The minimum absolute atomic E-state index is 0.346. The number of aryl methyl sites for hydroxylation is 1. The highest BCUT2D eigenvalue weighted by molar-refractivity contribution is 7.13. The van der Waals surface area contributed by atoms with Gasteiger partial charge >= 0.3 is 0 Å². The number of carbonyl (C=O) groups excluding carboxylic acids is 1. The fourth-order valence-corrected chi connectivity index (χ4v) is 2.43. The number of hydrogen-bond acceptors (Lipinski definition) is 2. The third-order valence-electron chi connectivity index (χ3n) is 2.15. The zero-order valence-electron chi connectivity index (χ0n) is 8.16. The molecule has 2 aromatic rings. The van der Waals surface area contributed by atoms with E-state index in [4.69, 9.17) is 0 Å². The fourth-order valence-electron chi connectivity index (χ4n) is 1.46. The molecule has 0 radical (unpaired) electrons. The molecule has 0 saturated carbocycles. The van der Waals surface area contributed by atoms with Gasteiger partial charge < -0.3 is 0 Å². The lowest BCUT2D eigenvalue weighted by atomic mass is 10.1. The number of rotatable bonds is 2. The van der Waals surface area contributed by atoms with E-state index in [1.807, 2.05) is 18.4 Å². The van der Waals surface area contributed by atoms with Crippen LogP contribution in [0.25, 0.3) is 10.4 Å². The van der Waals surface area contributed by atoms with E-state index in [2.05, 4.69) is 0 Å². The van der Waals surface area contributed by atoms with Crippen molar-refractivity contribution in [1.82, 2.24) is 0 Å². The number of benzene rings is 1. The molecule has 0 aliphatic heterocycles. The van der Waals surface area contributed by atoms with Crippen molar-refractivity contribution in [3.05, 3.63) is 46.6 Å². The van der Waals surface area contributed by atoms with Gasteiger partial charge in [-0.25, -0.2) is 4.39 Å². The summed E-state index contributed by atoms with van der Waals surface area (Å²) in [7, 11) is 0. The van der Waals surface area contributed by atoms with Crippen LogP contribution in [0.3, 0.4) is 0 Å². The normalized spacial score (nSPS) is 10.3. The molecule has 0 atom stereocenters. The van der Waals surface area contributed by atoms with Crippen LogP contribution in [0.15, 0.2) is 29.6 Å². The van der Waals surface area contributed by atoms with E-state index in [0.29, 0.717) is 17.4 Å². The Kier molecular flexibility index (Phi) is 2.64. The van der Waals surface area contributed by atoms with E-state index in [9.17, 15) is 9.18 Å². The number of aldehydes is 1. The Labute approximate surface area is 91.2 Å². The summed E-state index contributed by atoms with van der Waals surface area (Å²) in [5.41, 5.74) is 1.89. The van der Waals surface area contributed by atoms with Crippen molar-refractivity contribution in [3.8, 4) is 10.4 Å². The maximum Gasteiger partial charge on any atom is 0.150 e. The molecule has 2 rings (SSSR count). The number of carbonyl (C=O) groups is 1. The van der Waals surface area contributed by atoms with E-state index in [1.54, 1.807) is 12.1 Å². The second-order valence-corrected chi connectivity index (χ2v) is 4.22. The van der Waals surface area contributed by atoms with Gasteiger partial charge in [-0.05, 0) is 30.0 Å². The molecule has 0 aliphatic rings. The summed E-state index contributed by atoms with van der Waals surface area (Å²) in [5, 5.41) is 1.94. The molecule has 0 spiro atoms. The van der Waals surface area contributed by atoms with Gasteiger partial charge in [0.15, 0.2) is 6.29 Å². The Morgan fingerprint density at radius 2 is 2.20 bits per heavy atom. The topological polar surface area (TPSA) is 17.1 Å². The van der Waals surface area contributed by atoms with Crippen molar-refractivity contribution in [3.63, 3.8) is 0 Å². The fraction of sp³-hybridized carbons (Fsp3) is 0.0833. The van der Waals surface area contributed by atoms with Crippen molar-refractivity contribution in [2.75, 3.05) is 0 Å². The predicted octanol–water partition coefficient (Wildman–Crippen LogP) is 3.68. The molecule has 0 unspecified atom stereocenters. The molecule has 1 nitrogen and oxygen atoms in total. The summed E-state index contributed by atoms with van der Waals surface area (Å²) in [4.78, 5) is 11.6. The first-order valence-corrected chi connectivity index (χ1v) is 5.39. The first-order chi connectivity index (χ1) is 7.22. The molecule has 15 heavy (non-hydrogen) atoms. The van der Waals surface area contributed by atoms with Crippen LogP contribution < -0.4 is 0 Å². The van der Waals surface area contributed by atoms with Crippen LogP contribution >= 0.6 is 11.3 Å². The first kappa shape index (κ1) is 10.1. The summed E-state index contributed by atoms with van der Waals surface area (Å²) in [6.07, 6.45) is 0.688. The minimum Gasteiger partial charge on any atom is -0.298 e. The van der Waals surface area contributed by atoms with Crippen molar-refractivity contribution < 1.29 is 9.18 Å². The highest BCUT2D eigenvalue weighted by atomic mass is 32.1. The summed E-state index contributed by atoms with van der Waals surface area (Å²) in [5.74, 6) is -0.346. The average Bonchev–Trinajstić information content (AvgIpc) is 2.64. The molecular weight excluding hydrogens is 211 g/mol. The summed E-state index contributed by atoms with van der Waals surface area (Å²) in [6.45, 7) is 1.95. The molecule has 0 N–H and O–H groups in total. The monoisotopic (exact) mass is 220 g/mol. The van der Waals surface area contributed by atoms with Gasteiger partial charge in [0.25, 0.3) is 0 Å². The van der Waals surface area contributed by atoms with Crippen LogP contribution in [0.5, 0.6) is 0 Å². The maximum absolute atomic E-state index is 13.6. The Morgan fingerprint density at radius 1 is 1.40 bits per heavy atom. The van der Waals surface area contributed by atoms with Gasteiger partial charge in [0.1, 0.15) is 5.82 Å². The van der Waals surface area contributed by atoms with Crippen LogP contribution in [-0.4, -0.2) is 6.29 Å². The Hall–Kier alpha value is -1.48. The van der Waals surface area contributed by atoms with Crippen LogP contribution in [-0.2, 0) is 0 Å². The predicted molar refractivity (Wildman–Crippen MR) is 59.8 cm³/mol. The molecule has 0 saturated heterocycles. The zero-order chi connectivity index (χ0) is 10.8. The maximum atomic E-state index is 13.6. The molecule has 0 amide bonds. The molecule has 76 valence electrons. The van der Waals surface area contributed by atoms with Crippen LogP contribution in [0.1, 0.15) is 15.9 Å². The van der Waals surface area contributed by atoms with Gasteiger partial charge in [0, 0.05) is 16.0 Å². The van der Waals surface area contributed by atoms with Crippen LogP contribution in [0.2, 0.25) is 0 Å². The van der Waals surface area contributed by atoms with Gasteiger partial charge in [0.05, 0.1) is 0 Å². The lowest BCUT2D eigenvalue weighted by molar-refractivity contribution is 0.112. The van der Waals surface area contributed by atoms with E-state index in [1.165, 1.54) is 17.4 Å². The standard InChI is InChI=1S/C12H9FOS/c1-8-5-11(15-7-8)12-9(6-14)3-2-4-10(12)13/h2-7H,1H3. The molecule has 1 aromatic heterocycles. The van der Waals surface area contributed by atoms with Crippen LogP contribution in [0.4, 0.5) is 4.39 Å². The molecule has 0 aliphatic carbocycles. The van der Waals surface area contributed by atoms with E-state index >= 15 is 0 Å². The second-order valence-electron chi connectivity index (χ2n) is 3.31. The van der Waals surface area contributed by atoms with E-state index in [0.717, 1.165) is 10.4 Å². The largest absolute Gasteiger partial charge is 0.298 e. The number of thiophene rings is 1. The van der Waals surface area contributed by atoms with Gasteiger partial charge in [-0.2, -0.15) is 0 Å². The molecular formula is C12H9FOS. The quantitative estimate of drug-likeness (QED) is 0.706. The van der Waals surface area contributed by atoms with Crippen molar-refractivity contribution in [1.29, 1.82) is 0 Å². The first-order valence-electron chi connectivity index (χ1n) is 4.51. The summed E-state index contributed by atoms with van der Waals surface area (Å²) >= 11 is 1.45. The lowest BCUT2D eigenvalue weighted by Crippen LogP contribution is -1.89. The lowest BCUT2D eigenvalue weighted by Gasteiger charge is -2.02. The van der Waals surface area contributed by atoms with Crippen LogP contribution in [0, 0.1) is 12.7 Å².